The molecule has 4 aromatic carbocycles. The van der Waals surface area contributed by atoms with E-state index in [9.17, 15) is 0 Å². The molecule has 8 aromatic rings. The molecule has 7 heteroatoms. The van der Waals surface area contributed by atoms with E-state index in [1.54, 1.807) is 0 Å². The van der Waals surface area contributed by atoms with Gasteiger partial charge in [0, 0.05) is 45.4 Å². The van der Waals surface area contributed by atoms with E-state index in [1.807, 2.05) is 0 Å². The standard InChI is InChI=1S/C46H44N6.Cu/c1-43(2)35-27-51(29-19-11-9-12-20-29)41(47-35)46(7,8)40-34-26-18-16-24-32(34)38(50-40)44(3,4)36-28-52(30-21-13-10-14-22-30)42(48-36)45(5,6)39-33-25-17-15-23-31(33)37(43)49-39;/h9-28H,1-8H3;/q-2;+2. The molecule has 0 saturated carbocycles. The smallest absolute Gasteiger partial charge is 0.662 e. The van der Waals surface area contributed by atoms with Crippen LogP contribution in [0.2, 0.25) is 0 Å². The van der Waals surface area contributed by atoms with Crippen LogP contribution in [0.15, 0.2) is 122 Å². The third-order valence-corrected chi connectivity index (χ3v) is 11.6. The molecule has 8 bridgehead atoms. The largest absolute Gasteiger partial charge is 2.00 e. The number of rotatable bonds is 2. The van der Waals surface area contributed by atoms with E-state index >= 15 is 0 Å². The molecule has 1 radical (unpaired) electrons. The summed E-state index contributed by atoms with van der Waals surface area (Å²) < 4.78 is 4.54. The van der Waals surface area contributed by atoms with Crippen molar-refractivity contribution in [2.24, 2.45) is 0 Å². The molecule has 269 valence electrons. The Hall–Kier alpha value is -5.10. The van der Waals surface area contributed by atoms with Crippen molar-refractivity contribution in [3.63, 3.8) is 0 Å². The summed E-state index contributed by atoms with van der Waals surface area (Å²) >= 11 is 0. The van der Waals surface area contributed by atoms with Crippen molar-refractivity contribution < 1.29 is 17.1 Å². The molecule has 5 heterocycles. The minimum absolute atomic E-state index is 0. The minimum Gasteiger partial charge on any atom is -0.662 e. The number of aromatic nitrogens is 6. The van der Waals surface area contributed by atoms with Gasteiger partial charge in [0.15, 0.2) is 0 Å². The van der Waals surface area contributed by atoms with E-state index < -0.39 is 21.7 Å². The number of para-hydroxylation sites is 2. The Kier molecular flexibility index (Phi) is 7.89. The van der Waals surface area contributed by atoms with Crippen LogP contribution in [0.1, 0.15) is 101 Å². The van der Waals surface area contributed by atoms with Gasteiger partial charge in [-0.05, 0) is 45.8 Å². The van der Waals surface area contributed by atoms with Crippen LogP contribution in [-0.4, -0.2) is 19.1 Å². The Balaban J connectivity index is 0.00000400. The molecule has 53 heavy (non-hydrogen) atoms. The maximum absolute atomic E-state index is 5.64. The van der Waals surface area contributed by atoms with E-state index in [1.165, 1.54) is 0 Å². The molecular formula is C46H44CuN6. The van der Waals surface area contributed by atoms with Crippen LogP contribution in [-0.2, 0) is 38.7 Å². The van der Waals surface area contributed by atoms with Crippen molar-refractivity contribution in [1.29, 1.82) is 0 Å². The summed E-state index contributed by atoms with van der Waals surface area (Å²) in [5.41, 5.74) is 5.88. The molecule has 0 N–H and O–H groups in total. The summed E-state index contributed by atoms with van der Waals surface area (Å²) in [6.07, 6.45) is 4.45. The summed E-state index contributed by atoms with van der Waals surface area (Å²) in [6, 6.07) is 38.4. The van der Waals surface area contributed by atoms with Crippen molar-refractivity contribution in [2.75, 3.05) is 0 Å². The Labute approximate surface area is 322 Å². The van der Waals surface area contributed by atoms with Gasteiger partial charge in [-0.15, -0.1) is 22.8 Å². The molecule has 0 saturated heterocycles. The van der Waals surface area contributed by atoms with Crippen LogP contribution in [0.25, 0.3) is 32.9 Å². The second-order valence-corrected chi connectivity index (χ2v) is 16.5. The molecule has 1 aliphatic rings. The fraction of sp³-hybridized carbons (Fsp3) is 0.261. The van der Waals surface area contributed by atoms with Gasteiger partial charge in [-0.1, -0.05) is 140 Å². The number of benzene rings is 4. The molecule has 0 spiro atoms. The van der Waals surface area contributed by atoms with E-state index in [0.717, 1.165) is 78.7 Å². The number of hydrogen-bond acceptors (Lipinski definition) is 2. The molecule has 9 rings (SSSR count). The van der Waals surface area contributed by atoms with Gasteiger partial charge in [0.25, 0.3) is 0 Å². The molecular weight excluding hydrogens is 700 g/mol. The third kappa shape index (κ3) is 5.04. The fourth-order valence-electron chi connectivity index (χ4n) is 8.43. The molecule has 0 amide bonds. The average Bonchev–Trinajstić information content (AvgIpc) is 3.95. The number of fused-ring (bicyclic) bond motifs is 14. The third-order valence-electron chi connectivity index (χ3n) is 11.6. The SMILES string of the molecule is CC1(C)c2cn(-c3ccccc3)c(n2)C(C)(C)c2[n-]c(c3ccccc23)C(C)(C)c2cn(-c3ccccc3)c(n2)C(C)(C)c2[n-]c1c1ccccc21.[Cu+2]. The van der Waals surface area contributed by atoms with E-state index in [4.69, 9.17) is 19.9 Å². The maximum Gasteiger partial charge on any atom is 2.00 e. The second-order valence-electron chi connectivity index (χ2n) is 16.5. The first-order valence-electron chi connectivity index (χ1n) is 18.3. The molecule has 0 unspecified atom stereocenters. The van der Waals surface area contributed by atoms with E-state index in [0.29, 0.717) is 0 Å². The predicted octanol–water partition coefficient (Wildman–Crippen LogP) is 9.89. The number of hydrogen-bond donors (Lipinski definition) is 0. The monoisotopic (exact) mass is 743 g/mol. The predicted molar refractivity (Wildman–Crippen MR) is 210 cm³/mol. The molecule has 0 aliphatic carbocycles. The molecule has 0 fully saturated rings. The first-order chi connectivity index (χ1) is 24.8. The summed E-state index contributed by atoms with van der Waals surface area (Å²) in [7, 11) is 0. The zero-order chi connectivity index (χ0) is 36.2. The Morgan fingerprint density at radius 3 is 1.00 bits per heavy atom. The van der Waals surface area contributed by atoms with Crippen molar-refractivity contribution >= 4 is 21.5 Å². The number of imidazole rings is 2. The van der Waals surface area contributed by atoms with Crippen LogP contribution in [0.5, 0.6) is 0 Å². The molecule has 6 nitrogen and oxygen atoms in total. The maximum atomic E-state index is 5.64. The van der Waals surface area contributed by atoms with E-state index in [2.05, 4.69) is 186 Å². The molecule has 0 atom stereocenters. The average molecular weight is 744 g/mol. The van der Waals surface area contributed by atoms with Crippen LogP contribution in [0, 0.1) is 0 Å². The summed E-state index contributed by atoms with van der Waals surface area (Å²) in [4.78, 5) is 22.5. The number of nitrogens with zero attached hydrogens (tertiary/aromatic N) is 6. The van der Waals surface area contributed by atoms with Crippen LogP contribution >= 0.6 is 0 Å². The van der Waals surface area contributed by atoms with Crippen molar-refractivity contribution in [3.8, 4) is 11.4 Å². The van der Waals surface area contributed by atoms with Gasteiger partial charge < -0.3 is 19.1 Å². The van der Waals surface area contributed by atoms with E-state index in [-0.39, 0.29) is 17.1 Å². The van der Waals surface area contributed by atoms with Gasteiger partial charge in [0.2, 0.25) is 0 Å². The van der Waals surface area contributed by atoms with Crippen LogP contribution in [0.3, 0.4) is 0 Å². The van der Waals surface area contributed by atoms with Crippen molar-refractivity contribution in [1.82, 2.24) is 29.1 Å². The van der Waals surface area contributed by atoms with Gasteiger partial charge >= 0.3 is 17.1 Å². The quantitative estimate of drug-likeness (QED) is 0.166. The van der Waals surface area contributed by atoms with Gasteiger partial charge in [0.05, 0.1) is 11.4 Å². The Morgan fingerprint density at radius 1 is 0.396 bits per heavy atom. The minimum atomic E-state index is -0.571. The fourth-order valence-corrected chi connectivity index (χ4v) is 8.43. The molecule has 4 aromatic heterocycles. The van der Waals surface area contributed by atoms with Gasteiger partial charge in [-0.25, -0.2) is 9.97 Å². The Morgan fingerprint density at radius 2 is 0.679 bits per heavy atom. The van der Waals surface area contributed by atoms with Gasteiger partial charge in [-0.2, -0.15) is 0 Å². The Bertz CT molecular complexity index is 2440. The normalized spacial score (nSPS) is 16.8. The summed E-state index contributed by atoms with van der Waals surface area (Å²) in [6.45, 7) is 18.1. The summed E-state index contributed by atoms with van der Waals surface area (Å²) in [5.74, 6) is 1.88. The van der Waals surface area contributed by atoms with Crippen molar-refractivity contribution in [3.05, 3.63) is 167 Å². The molecule has 1 aliphatic heterocycles. The topological polar surface area (TPSA) is 63.8 Å². The zero-order valence-corrected chi connectivity index (χ0v) is 32.5. The zero-order valence-electron chi connectivity index (χ0n) is 31.5. The van der Waals surface area contributed by atoms with Crippen molar-refractivity contribution in [2.45, 2.75) is 77.0 Å². The van der Waals surface area contributed by atoms with Crippen LogP contribution in [0.4, 0.5) is 0 Å². The first kappa shape index (κ1) is 35.0. The first-order valence-corrected chi connectivity index (χ1v) is 18.3. The summed E-state index contributed by atoms with van der Waals surface area (Å²) in [5, 5.41) is 4.56. The van der Waals surface area contributed by atoms with Crippen LogP contribution < -0.4 is 9.97 Å². The van der Waals surface area contributed by atoms with Gasteiger partial charge in [0.1, 0.15) is 11.6 Å². The van der Waals surface area contributed by atoms with Gasteiger partial charge in [-0.3, -0.25) is 0 Å². The second kappa shape index (κ2) is 12.0.